The van der Waals surface area contributed by atoms with E-state index in [1.807, 2.05) is 6.92 Å². The van der Waals surface area contributed by atoms with E-state index < -0.39 is 0 Å². The number of fused-ring (bicyclic) bond motifs is 1. The molecule has 0 radical (unpaired) electrons. The zero-order valence-electron chi connectivity index (χ0n) is 13.1. The predicted octanol–water partition coefficient (Wildman–Crippen LogP) is 4.10. The monoisotopic (exact) mass is 304 g/mol. The van der Waals surface area contributed by atoms with Crippen LogP contribution in [-0.2, 0) is 12.8 Å². The van der Waals surface area contributed by atoms with Crippen LogP contribution in [0.5, 0.6) is 0 Å². The third-order valence-electron chi connectivity index (χ3n) is 3.62. The Kier molecular flexibility index (Phi) is 4.84. The van der Waals surface area contributed by atoms with E-state index in [0.717, 1.165) is 42.6 Å². The quantitative estimate of drug-likeness (QED) is 0.781. The molecular weight excluding hydrogens is 284 g/mol. The van der Waals surface area contributed by atoms with Gasteiger partial charge in [-0.3, -0.25) is 0 Å². The van der Waals surface area contributed by atoms with E-state index in [-0.39, 0.29) is 0 Å². The number of aromatic nitrogens is 3. The molecule has 0 aromatic carbocycles. The molecule has 0 aliphatic carbocycles. The Morgan fingerprint density at radius 3 is 2.67 bits per heavy atom. The van der Waals surface area contributed by atoms with Crippen LogP contribution >= 0.6 is 11.6 Å². The van der Waals surface area contributed by atoms with Crippen LogP contribution in [0.4, 0.5) is 0 Å². The van der Waals surface area contributed by atoms with Gasteiger partial charge in [0.25, 0.3) is 0 Å². The average molecular weight is 305 g/mol. The zero-order chi connectivity index (χ0) is 15.6. The maximum atomic E-state index is 9.47. The van der Waals surface area contributed by atoms with E-state index >= 15 is 0 Å². The van der Waals surface area contributed by atoms with E-state index in [4.69, 9.17) is 11.6 Å². The highest BCUT2D eigenvalue weighted by Gasteiger charge is 2.19. The maximum Gasteiger partial charge on any atom is 0.175 e. The third kappa shape index (κ3) is 3.03. The Morgan fingerprint density at radius 1 is 1.38 bits per heavy atom. The van der Waals surface area contributed by atoms with Crippen LogP contribution < -0.4 is 0 Å². The highest BCUT2D eigenvalue weighted by Crippen LogP contribution is 2.27. The molecule has 2 aromatic rings. The Morgan fingerprint density at radius 2 is 2.10 bits per heavy atom. The van der Waals surface area contributed by atoms with Crippen molar-refractivity contribution in [3.05, 3.63) is 27.7 Å². The molecule has 21 heavy (non-hydrogen) atoms. The van der Waals surface area contributed by atoms with Gasteiger partial charge in [-0.1, -0.05) is 38.8 Å². The summed E-state index contributed by atoms with van der Waals surface area (Å²) in [6.07, 6.45) is 3.79. The summed E-state index contributed by atoms with van der Waals surface area (Å²) < 4.78 is 1.63. The highest BCUT2D eigenvalue weighted by atomic mass is 35.5. The molecule has 2 aromatic heterocycles. The number of nitriles is 1. The van der Waals surface area contributed by atoms with Crippen LogP contribution in [0.15, 0.2) is 0 Å². The van der Waals surface area contributed by atoms with Gasteiger partial charge in [0.2, 0.25) is 0 Å². The smallest absolute Gasteiger partial charge is 0.175 e. The van der Waals surface area contributed by atoms with Crippen LogP contribution in [0.1, 0.15) is 56.1 Å². The number of halogens is 1. The zero-order valence-corrected chi connectivity index (χ0v) is 13.8. The van der Waals surface area contributed by atoms with Gasteiger partial charge in [0.05, 0.1) is 0 Å². The standard InChI is InChI=1S/C16H21ClN4/c1-5-6-7-12-11(4)13(9-18)16-19-14(8-10(2)3)20-21(16)15(12)17/h10H,5-8H2,1-4H3. The van der Waals surface area contributed by atoms with E-state index in [9.17, 15) is 5.26 Å². The maximum absolute atomic E-state index is 9.47. The summed E-state index contributed by atoms with van der Waals surface area (Å²) >= 11 is 6.51. The molecule has 4 nitrogen and oxygen atoms in total. The minimum absolute atomic E-state index is 0.465. The van der Waals surface area contributed by atoms with E-state index in [2.05, 4.69) is 36.9 Å². The Bertz CT molecular complexity index is 695. The van der Waals surface area contributed by atoms with Gasteiger partial charge in [-0.25, -0.2) is 9.50 Å². The Balaban J connectivity index is 2.64. The number of rotatable bonds is 5. The van der Waals surface area contributed by atoms with E-state index in [1.54, 1.807) is 4.52 Å². The molecule has 0 aliphatic heterocycles. The predicted molar refractivity (Wildman–Crippen MR) is 84.6 cm³/mol. The summed E-state index contributed by atoms with van der Waals surface area (Å²) in [5.41, 5.74) is 3.12. The molecule has 0 N–H and O–H groups in total. The van der Waals surface area contributed by atoms with Crippen molar-refractivity contribution >= 4 is 17.2 Å². The topological polar surface area (TPSA) is 54.0 Å². The van der Waals surface area contributed by atoms with E-state index in [1.165, 1.54) is 0 Å². The van der Waals surface area contributed by atoms with E-state index in [0.29, 0.717) is 22.3 Å². The number of hydrogen-bond donors (Lipinski definition) is 0. The van der Waals surface area contributed by atoms with Crippen molar-refractivity contribution in [2.75, 3.05) is 0 Å². The molecule has 2 heterocycles. The molecule has 0 bridgehead atoms. The molecule has 0 spiro atoms. The van der Waals surface area contributed by atoms with Crippen LogP contribution in [0, 0.1) is 24.2 Å². The SMILES string of the molecule is CCCCc1c(C)c(C#N)c2nc(CC(C)C)nn2c1Cl. The summed E-state index contributed by atoms with van der Waals surface area (Å²) in [4.78, 5) is 4.51. The first kappa shape index (κ1) is 15.8. The minimum Gasteiger partial charge on any atom is -0.210 e. The fraction of sp³-hybridized carbons (Fsp3) is 0.562. The first-order valence-corrected chi connectivity index (χ1v) is 7.84. The molecule has 2 rings (SSSR count). The summed E-state index contributed by atoms with van der Waals surface area (Å²) in [5, 5.41) is 14.6. The lowest BCUT2D eigenvalue weighted by Crippen LogP contribution is -2.03. The van der Waals surface area contributed by atoms with Crippen LogP contribution in [0.2, 0.25) is 5.15 Å². The first-order chi connectivity index (χ1) is 9.99. The van der Waals surface area contributed by atoms with Gasteiger partial charge in [-0.05, 0) is 36.8 Å². The minimum atomic E-state index is 0.465. The molecule has 0 amide bonds. The molecule has 5 heteroatoms. The van der Waals surface area contributed by atoms with Gasteiger partial charge < -0.3 is 0 Å². The van der Waals surface area contributed by atoms with Crippen molar-refractivity contribution in [3.63, 3.8) is 0 Å². The summed E-state index contributed by atoms with van der Waals surface area (Å²) in [5.74, 6) is 1.21. The second-order valence-electron chi connectivity index (χ2n) is 5.85. The largest absolute Gasteiger partial charge is 0.210 e. The van der Waals surface area contributed by atoms with Crippen molar-refractivity contribution in [2.24, 2.45) is 5.92 Å². The van der Waals surface area contributed by atoms with Crippen molar-refractivity contribution in [1.82, 2.24) is 14.6 Å². The summed E-state index contributed by atoms with van der Waals surface area (Å²) in [7, 11) is 0. The first-order valence-electron chi connectivity index (χ1n) is 7.46. The molecule has 0 aliphatic rings. The lowest BCUT2D eigenvalue weighted by Gasteiger charge is -2.11. The molecule has 0 saturated carbocycles. The Hall–Kier alpha value is -1.60. The molecule has 112 valence electrons. The summed E-state index contributed by atoms with van der Waals surface area (Å²) in [6, 6.07) is 2.27. The molecule has 0 fully saturated rings. The van der Waals surface area contributed by atoms with Gasteiger partial charge in [-0.15, -0.1) is 5.10 Å². The second-order valence-corrected chi connectivity index (χ2v) is 6.20. The van der Waals surface area contributed by atoms with Crippen LogP contribution in [0.25, 0.3) is 5.65 Å². The van der Waals surface area contributed by atoms with Crippen LogP contribution in [0.3, 0.4) is 0 Å². The lowest BCUT2D eigenvalue weighted by atomic mass is 10.0. The molecule has 0 unspecified atom stereocenters. The molecule has 0 saturated heterocycles. The molecular formula is C16H21ClN4. The fourth-order valence-electron chi connectivity index (χ4n) is 2.48. The van der Waals surface area contributed by atoms with Crippen LogP contribution in [-0.4, -0.2) is 14.6 Å². The third-order valence-corrected chi connectivity index (χ3v) is 4.01. The van der Waals surface area contributed by atoms with Gasteiger partial charge in [-0.2, -0.15) is 5.26 Å². The second kappa shape index (κ2) is 6.44. The highest BCUT2D eigenvalue weighted by molar-refractivity contribution is 6.30. The normalized spacial score (nSPS) is 11.3. The van der Waals surface area contributed by atoms with Crippen molar-refractivity contribution in [1.29, 1.82) is 5.26 Å². The van der Waals surface area contributed by atoms with Gasteiger partial charge in [0.1, 0.15) is 16.8 Å². The van der Waals surface area contributed by atoms with Gasteiger partial charge in [0.15, 0.2) is 11.5 Å². The fourth-order valence-corrected chi connectivity index (χ4v) is 2.84. The number of nitrogens with zero attached hydrogens (tertiary/aromatic N) is 4. The van der Waals surface area contributed by atoms with Gasteiger partial charge >= 0.3 is 0 Å². The molecule has 0 atom stereocenters. The number of pyridine rings is 1. The Labute approximate surface area is 130 Å². The average Bonchev–Trinajstić information content (AvgIpc) is 2.82. The summed E-state index contributed by atoms with van der Waals surface area (Å²) in [6.45, 7) is 8.34. The van der Waals surface area contributed by atoms with Gasteiger partial charge in [0, 0.05) is 6.42 Å². The van der Waals surface area contributed by atoms with Crippen molar-refractivity contribution in [2.45, 2.75) is 53.4 Å². The van der Waals surface area contributed by atoms with Crippen molar-refractivity contribution in [3.8, 4) is 6.07 Å². The lowest BCUT2D eigenvalue weighted by molar-refractivity contribution is 0.620. The number of hydrogen-bond acceptors (Lipinski definition) is 3. The van der Waals surface area contributed by atoms with Crippen molar-refractivity contribution < 1.29 is 0 Å². The number of unbranched alkanes of at least 4 members (excludes halogenated alkanes) is 1.